The molecule has 5 nitrogen and oxygen atoms in total. The van der Waals surface area contributed by atoms with Crippen LogP contribution in [-0.2, 0) is 6.54 Å². The molecule has 0 bridgehead atoms. The van der Waals surface area contributed by atoms with Crippen LogP contribution < -0.4 is 5.56 Å². The second kappa shape index (κ2) is 7.67. The Morgan fingerprint density at radius 3 is 2.41 bits per heavy atom. The lowest BCUT2D eigenvalue weighted by Crippen LogP contribution is -2.24. The van der Waals surface area contributed by atoms with Crippen molar-refractivity contribution >= 4 is 29.0 Å². The summed E-state index contributed by atoms with van der Waals surface area (Å²) in [5, 5.41) is 20.1. The van der Waals surface area contributed by atoms with E-state index >= 15 is 0 Å². The topological polar surface area (TPSA) is 83.1 Å². The van der Waals surface area contributed by atoms with Crippen molar-refractivity contribution in [2.75, 3.05) is 0 Å². The Morgan fingerprint density at radius 2 is 1.74 bits per heavy atom. The zero-order valence-corrected chi connectivity index (χ0v) is 15.3. The Kier molecular flexibility index (Phi) is 5.31. The minimum absolute atomic E-state index is 0.0110. The smallest absolute Gasteiger partial charge is 0.268 e. The van der Waals surface area contributed by atoms with Crippen LogP contribution in [-0.4, -0.2) is 15.5 Å². The molecule has 27 heavy (non-hydrogen) atoms. The number of aromatic nitrogens is 1. The van der Waals surface area contributed by atoms with Gasteiger partial charge in [0.15, 0.2) is 5.78 Å². The van der Waals surface area contributed by atoms with Gasteiger partial charge in [0, 0.05) is 21.8 Å². The predicted molar refractivity (Wildman–Crippen MR) is 103 cm³/mol. The largest absolute Gasteiger partial charge is 0.507 e. The Balaban J connectivity index is 2.07. The maximum absolute atomic E-state index is 12.8. The predicted octanol–water partition coefficient (Wildman–Crippen LogP) is 4.01. The van der Waals surface area contributed by atoms with Gasteiger partial charge in [-0.2, -0.15) is 5.26 Å². The molecule has 7 heteroatoms. The van der Waals surface area contributed by atoms with E-state index < -0.39 is 11.3 Å². The van der Waals surface area contributed by atoms with E-state index in [4.69, 9.17) is 23.2 Å². The number of carbonyl (C=O) groups excluding carboxylic acids is 1. The standard InChI is InChI=1S/C20H12Cl2N2O3/c21-15-3-1-12(2-4-15)10-24-11-14(7-13(9-23)20(24)27)19(26)17-8-16(22)5-6-18(17)25/h1-8,11,25H,10H2. The summed E-state index contributed by atoms with van der Waals surface area (Å²) in [4.78, 5) is 25.2. The first-order valence-corrected chi connectivity index (χ1v) is 8.57. The molecule has 0 aliphatic rings. The molecule has 0 spiro atoms. The Morgan fingerprint density at radius 1 is 1.07 bits per heavy atom. The third-order valence-corrected chi connectivity index (χ3v) is 4.43. The van der Waals surface area contributed by atoms with Crippen molar-refractivity contribution in [3.63, 3.8) is 0 Å². The highest BCUT2D eigenvalue weighted by Crippen LogP contribution is 2.24. The highest BCUT2D eigenvalue weighted by molar-refractivity contribution is 6.31. The molecule has 0 unspecified atom stereocenters. The number of pyridine rings is 1. The van der Waals surface area contributed by atoms with Crippen LogP contribution in [0.2, 0.25) is 10.0 Å². The molecular weight excluding hydrogens is 387 g/mol. The molecule has 134 valence electrons. The fraction of sp³-hybridized carbons (Fsp3) is 0.0500. The fourth-order valence-electron chi connectivity index (χ4n) is 2.59. The van der Waals surface area contributed by atoms with Crippen molar-refractivity contribution < 1.29 is 9.90 Å². The number of nitrogens with zero attached hydrogens (tertiary/aromatic N) is 2. The first kappa shape index (κ1) is 18.7. The summed E-state index contributed by atoms with van der Waals surface area (Å²) < 4.78 is 1.27. The Hall–Kier alpha value is -3.07. The molecule has 0 radical (unpaired) electrons. The maximum atomic E-state index is 12.8. The number of aromatic hydroxyl groups is 1. The van der Waals surface area contributed by atoms with E-state index in [0.29, 0.717) is 5.02 Å². The first-order valence-electron chi connectivity index (χ1n) is 7.81. The molecule has 0 atom stereocenters. The second-order valence-corrected chi connectivity index (χ2v) is 6.68. The number of nitriles is 1. The van der Waals surface area contributed by atoms with Crippen LogP contribution >= 0.6 is 23.2 Å². The van der Waals surface area contributed by atoms with E-state index in [1.807, 2.05) is 6.07 Å². The van der Waals surface area contributed by atoms with Gasteiger partial charge in [0.05, 0.1) is 12.1 Å². The van der Waals surface area contributed by atoms with Gasteiger partial charge in [-0.1, -0.05) is 35.3 Å². The molecule has 0 amide bonds. The lowest BCUT2D eigenvalue weighted by Gasteiger charge is -2.10. The van der Waals surface area contributed by atoms with Gasteiger partial charge in [-0.25, -0.2) is 0 Å². The summed E-state index contributed by atoms with van der Waals surface area (Å²) in [6.45, 7) is 0.160. The van der Waals surface area contributed by atoms with Crippen LogP contribution in [0.15, 0.2) is 59.5 Å². The second-order valence-electron chi connectivity index (χ2n) is 5.80. The number of phenols is 1. The molecule has 1 heterocycles. The molecule has 1 aromatic heterocycles. The van der Waals surface area contributed by atoms with E-state index in [-0.39, 0.29) is 34.0 Å². The van der Waals surface area contributed by atoms with Crippen LogP contribution in [0.25, 0.3) is 0 Å². The lowest BCUT2D eigenvalue weighted by molar-refractivity contribution is 0.103. The molecule has 0 saturated heterocycles. The van der Waals surface area contributed by atoms with Crippen LogP contribution in [0.4, 0.5) is 0 Å². The van der Waals surface area contributed by atoms with Gasteiger partial charge >= 0.3 is 0 Å². The summed E-state index contributed by atoms with van der Waals surface area (Å²) in [5.41, 5.74) is 0.178. The summed E-state index contributed by atoms with van der Waals surface area (Å²) in [7, 11) is 0. The van der Waals surface area contributed by atoms with Gasteiger partial charge in [0.1, 0.15) is 17.4 Å². The van der Waals surface area contributed by atoms with E-state index in [1.54, 1.807) is 24.3 Å². The van der Waals surface area contributed by atoms with Crippen LogP contribution in [0.1, 0.15) is 27.0 Å². The van der Waals surface area contributed by atoms with Crippen LogP contribution in [0.5, 0.6) is 5.75 Å². The minimum Gasteiger partial charge on any atom is -0.507 e. The molecule has 0 aliphatic carbocycles. The number of hydrogen-bond acceptors (Lipinski definition) is 4. The third kappa shape index (κ3) is 4.03. The number of benzene rings is 2. The van der Waals surface area contributed by atoms with E-state index in [0.717, 1.165) is 5.56 Å². The van der Waals surface area contributed by atoms with Crippen LogP contribution in [0, 0.1) is 11.3 Å². The van der Waals surface area contributed by atoms with Gasteiger partial charge in [0.2, 0.25) is 0 Å². The molecule has 0 saturated carbocycles. The van der Waals surface area contributed by atoms with Crippen molar-refractivity contribution in [1.29, 1.82) is 5.26 Å². The summed E-state index contributed by atoms with van der Waals surface area (Å²) in [6.07, 6.45) is 1.36. The summed E-state index contributed by atoms with van der Waals surface area (Å²) in [6, 6.07) is 14.0. The number of halogens is 2. The number of carbonyl (C=O) groups is 1. The van der Waals surface area contributed by atoms with E-state index in [2.05, 4.69) is 0 Å². The number of ketones is 1. The number of phenolic OH excluding ortho intramolecular Hbond substituents is 1. The highest BCUT2D eigenvalue weighted by Gasteiger charge is 2.17. The summed E-state index contributed by atoms with van der Waals surface area (Å²) >= 11 is 11.8. The average molecular weight is 399 g/mol. The third-order valence-electron chi connectivity index (χ3n) is 3.94. The van der Waals surface area contributed by atoms with Crippen molar-refractivity contribution in [1.82, 2.24) is 4.57 Å². The van der Waals surface area contributed by atoms with E-state index in [1.165, 1.54) is 35.0 Å². The lowest BCUT2D eigenvalue weighted by atomic mass is 10.0. The first-order chi connectivity index (χ1) is 12.9. The van der Waals surface area contributed by atoms with Gasteiger partial charge in [-0.05, 0) is 42.0 Å². The average Bonchev–Trinajstić information content (AvgIpc) is 2.66. The molecule has 2 aromatic carbocycles. The maximum Gasteiger partial charge on any atom is 0.268 e. The molecular formula is C20H12Cl2N2O3. The minimum atomic E-state index is -0.545. The Labute approximate surface area is 164 Å². The molecule has 1 N–H and O–H groups in total. The molecule has 0 fully saturated rings. The number of hydrogen-bond donors (Lipinski definition) is 1. The zero-order chi connectivity index (χ0) is 19.6. The highest BCUT2D eigenvalue weighted by atomic mass is 35.5. The quantitative estimate of drug-likeness (QED) is 0.672. The Bertz CT molecular complexity index is 1130. The number of rotatable bonds is 4. The van der Waals surface area contributed by atoms with Crippen molar-refractivity contribution in [3.8, 4) is 11.8 Å². The van der Waals surface area contributed by atoms with Crippen molar-refractivity contribution in [2.24, 2.45) is 0 Å². The normalized spacial score (nSPS) is 10.4. The van der Waals surface area contributed by atoms with E-state index in [9.17, 15) is 20.0 Å². The molecule has 3 aromatic rings. The van der Waals surface area contributed by atoms with Gasteiger partial charge in [-0.3, -0.25) is 9.59 Å². The van der Waals surface area contributed by atoms with Gasteiger partial charge < -0.3 is 9.67 Å². The van der Waals surface area contributed by atoms with Crippen molar-refractivity contribution in [3.05, 3.63) is 97.4 Å². The van der Waals surface area contributed by atoms with Crippen LogP contribution in [0.3, 0.4) is 0 Å². The van der Waals surface area contributed by atoms with Crippen molar-refractivity contribution in [2.45, 2.75) is 6.54 Å². The van der Waals surface area contributed by atoms with Gasteiger partial charge in [-0.15, -0.1) is 0 Å². The van der Waals surface area contributed by atoms with Gasteiger partial charge in [0.25, 0.3) is 5.56 Å². The monoisotopic (exact) mass is 398 g/mol. The SMILES string of the molecule is N#Cc1cc(C(=O)c2cc(Cl)ccc2O)cn(Cc2ccc(Cl)cc2)c1=O. The fourth-order valence-corrected chi connectivity index (χ4v) is 2.89. The molecule has 0 aliphatic heterocycles. The zero-order valence-electron chi connectivity index (χ0n) is 13.8. The summed E-state index contributed by atoms with van der Waals surface area (Å²) in [5.74, 6) is -0.783. The molecule has 3 rings (SSSR count).